The van der Waals surface area contributed by atoms with Gasteiger partial charge in [-0.15, -0.1) is 5.10 Å². The van der Waals surface area contributed by atoms with Crippen LogP contribution >= 0.6 is 0 Å². The second-order valence-corrected chi connectivity index (χ2v) is 6.64. The summed E-state index contributed by atoms with van der Waals surface area (Å²) >= 11 is 0. The molecule has 30 heavy (non-hydrogen) atoms. The molecule has 0 saturated carbocycles. The highest BCUT2D eigenvalue weighted by molar-refractivity contribution is 5.91. The molecule has 162 valence electrons. The molecule has 1 N–H and O–H groups in total. The maximum Gasteiger partial charge on any atom is 0.420 e. The van der Waals surface area contributed by atoms with Crippen LogP contribution in [0.1, 0.15) is 11.1 Å². The Bertz CT molecular complexity index is 975. The smallest absolute Gasteiger partial charge is 0.378 e. The van der Waals surface area contributed by atoms with Crippen molar-refractivity contribution in [3.63, 3.8) is 0 Å². The first kappa shape index (κ1) is 21.7. The number of aromatic nitrogens is 3. The number of β-amino-alcohol motifs (C(OH)–C–C–N with tert-alkyl or cyclic N) is 1. The summed E-state index contributed by atoms with van der Waals surface area (Å²) in [5.74, 6) is -1.01. The van der Waals surface area contributed by atoms with Crippen molar-refractivity contribution in [1.82, 2.24) is 19.7 Å². The second-order valence-electron chi connectivity index (χ2n) is 6.64. The lowest BCUT2D eigenvalue weighted by Crippen LogP contribution is -2.70. The molecule has 1 fully saturated rings. The summed E-state index contributed by atoms with van der Waals surface area (Å²) in [6, 6.07) is 2.54. The van der Waals surface area contributed by atoms with Crippen LogP contribution in [-0.4, -0.2) is 55.5 Å². The van der Waals surface area contributed by atoms with Crippen LogP contribution < -0.4 is 0 Å². The molecular weight excluding hydrogens is 425 g/mol. The van der Waals surface area contributed by atoms with Gasteiger partial charge in [0.05, 0.1) is 18.7 Å². The fourth-order valence-electron chi connectivity index (χ4n) is 2.71. The van der Waals surface area contributed by atoms with Crippen molar-refractivity contribution in [3.05, 3.63) is 41.7 Å². The lowest BCUT2D eigenvalue weighted by atomic mass is 9.93. The van der Waals surface area contributed by atoms with E-state index in [9.17, 15) is 40.6 Å². The van der Waals surface area contributed by atoms with Gasteiger partial charge in [-0.2, -0.15) is 26.3 Å². The monoisotopic (exact) mass is 438 g/mol. The number of carbonyl (C=O) groups is 1. The fraction of sp³-hybridized carbons (Fsp3) is 0.353. The SMILES string of the molecule is O=C(/C=C\n1cnc(-c2cc(CF)cc(C(F)(F)F)c2)n1)N1CC(O)(C(F)(F)F)C1. The maximum absolute atomic E-state index is 12.9. The second kappa shape index (κ2) is 7.38. The zero-order valence-corrected chi connectivity index (χ0v) is 14.9. The quantitative estimate of drug-likeness (QED) is 0.589. The summed E-state index contributed by atoms with van der Waals surface area (Å²) in [5, 5.41) is 13.2. The molecule has 1 amide bonds. The molecule has 1 aromatic carbocycles. The first-order valence-corrected chi connectivity index (χ1v) is 8.27. The Hall–Kier alpha value is -2.96. The van der Waals surface area contributed by atoms with Gasteiger partial charge in [0.25, 0.3) is 0 Å². The number of likely N-dealkylation sites (tertiary alicyclic amines) is 1. The predicted molar refractivity (Wildman–Crippen MR) is 88.2 cm³/mol. The van der Waals surface area contributed by atoms with Gasteiger partial charge in [-0.3, -0.25) is 4.79 Å². The van der Waals surface area contributed by atoms with Gasteiger partial charge in [-0.25, -0.2) is 14.1 Å². The van der Waals surface area contributed by atoms with Gasteiger partial charge in [-0.05, 0) is 23.8 Å². The van der Waals surface area contributed by atoms with Crippen molar-refractivity contribution in [1.29, 1.82) is 0 Å². The topological polar surface area (TPSA) is 71.2 Å². The summed E-state index contributed by atoms with van der Waals surface area (Å²) in [6.07, 6.45) is -6.61. The molecule has 1 aliphatic heterocycles. The summed E-state index contributed by atoms with van der Waals surface area (Å²) in [6.45, 7) is -2.97. The minimum atomic E-state index is -4.86. The first-order valence-electron chi connectivity index (χ1n) is 8.27. The number of alkyl halides is 7. The van der Waals surface area contributed by atoms with E-state index in [2.05, 4.69) is 10.1 Å². The van der Waals surface area contributed by atoms with Crippen molar-refractivity contribution in [2.75, 3.05) is 13.1 Å². The number of rotatable bonds is 4. The van der Waals surface area contributed by atoms with E-state index in [1.807, 2.05) is 0 Å². The Morgan fingerprint density at radius 1 is 1.17 bits per heavy atom. The van der Waals surface area contributed by atoms with Crippen LogP contribution in [-0.2, 0) is 17.6 Å². The van der Waals surface area contributed by atoms with Crippen LogP contribution in [0.3, 0.4) is 0 Å². The Morgan fingerprint density at radius 3 is 2.40 bits per heavy atom. The molecule has 3 rings (SSSR count). The zero-order valence-electron chi connectivity index (χ0n) is 14.9. The minimum Gasteiger partial charge on any atom is -0.378 e. The van der Waals surface area contributed by atoms with E-state index in [0.717, 1.165) is 40.3 Å². The van der Waals surface area contributed by atoms with E-state index in [1.165, 1.54) is 0 Å². The molecule has 0 bridgehead atoms. The Labute approximate surface area is 164 Å². The van der Waals surface area contributed by atoms with E-state index in [0.29, 0.717) is 6.07 Å². The number of carbonyl (C=O) groups excluding carboxylic acids is 1. The third-order valence-corrected chi connectivity index (χ3v) is 4.36. The van der Waals surface area contributed by atoms with E-state index in [1.54, 1.807) is 0 Å². The molecule has 6 nitrogen and oxygen atoms in total. The predicted octanol–water partition coefficient (Wildman–Crippen LogP) is 3.04. The molecule has 0 unspecified atom stereocenters. The third-order valence-electron chi connectivity index (χ3n) is 4.36. The average Bonchev–Trinajstić information content (AvgIpc) is 3.10. The highest BCUT2D eigenvalue weighted by Crippen LogP contribution is 2.37. The van der Waals surface area contributed by atoms with Gasteiger partial charge in [-0.1, -0.05) is 0 Å². The lowest BCUT2D eigenvalue weighted by Gasteiger charge is -2.46. The van der Waals surface area contributed by atoms with Crippen molar-refractivity contribution in [2.24, 2.45) is 0 Å². The summed E-state index contributed by atoms with van der Waals surface area (Å²) in [5.41, 5.74) is -4.36. The third kappa shape index (κ3) is 4.30. The zero-order chi connectivity index (χ0) is 22.3. The maximum atomic E-state index is 12.9. The molecule has 13 heteroatoms. The number of benzene rings is 1. The number of hydrogen-bond donors (Lipinski definition) is 1. The molecule has 0 atom stereocenters. The van der Waals surface area contributed by atoms with E-state index < -0.39 is 49.2 Å². The van der Waals surface area contributed by atoms with Gasteiger partial charge in [0, 0.05) is 17.8 Å². The average molecular weight is 438 g/mol. The summed E-state index contributed by atoms with van der Waals surface area (Å²) < 4.78 is 90.4. The molecule has 1 aromatic heterocycles. The van der Waals surface area contributed by atoms with Gasteiger partial charge < -0.3 is 10.0 Å². The number of hydrogen-bond acceptors (Lipinski definition) is 4. The Morgan fingerprint density at radius 2 is 1.83 bits per heavy atom. The van der Waals surface area contributed by atoms with Crippen LogP contribution in [0.15, 0.2) is 30.6 Å². The largest absolute Gasteiger partial charge is 0.420 e. The summed E-state index contributed by atoms with van der Waals surface area (Å²) in [4.78, 5) is 16.4. The van der Waals surface area contributed by atoms with Gasteiger partial charge in [0.15, 0.2) is 11.4 Å². The van der Waals surface area contributed by atoms with E-state index >= 15 is 0 Å². The first-order chi connectivity index (χ1) is 13.8. The van der Waals surface area contributed by atoms with Crippen molar-refractivity contribution in [2.45, 2.75) is 24.6 Å². The van der Waals surface area contributed by atoms with Crippen molar-refractivity contribution in [3.8, 4) is 11.4 Å². The van der Waals surface area contributed by atoms with Crippen LogP contribution in [0, 0.1) is 0 Å². The molecule has 2 aromatic rings. The summed E-state index contributed by atoms with van der Waals surface area (Å²) in [7, 11) is 0. The van der Waals surface area contributed by atoms with E-state index in [-0.39, 0.29) is 17.0 Å². The van der Waals surface area contributed by atoms with Crippen LogP contribution in [0.2, 0.25) is 0 Å². The molecule has 0 radical (unpaired) electrons. The molecule has 0 spiro atoms. The highest BCUT2D eigenvalue weighted by atomic mass is 19.4. The molecule has 0 aliphatic carbocycles. The van der Waals surface area contributed by atoms with Gasteiger partial charge in [0.2, 0.25) is 5.91 Å². The highest BCUT2D eigenvalue weighted by Gasteiger charge is 2.61. The number of halogens is 7. The molecular formula is C17H13F7N4O2. The van der Waals surface area contributed by atoms with Gasteiger partial charge in [0.1, 0.15) is 13.0 Å². The molecule has 2 heterocycles. The van der Waals surface area contributed by atoms with E-state index in [4.69, 9.17) is 0 Å². The Balaban J connectivity index is 1.72. The number of nitrogens with zero attached hydrogens (tertiary/aromatic N) is 4. The standard InChI is InChI=1S/C17H13F7N4O2/c18-6-10-3-11(5-12(4-10)16(19,20)21)14-25-9-28(26-14)2-1-13(29)27-7-15(30,8-27)17(22,23)24/h1-5,9,30H,6-8H2/b2-1-. The minimum absolute atomic E-state index is 0.103. The van der Waals surface area contributed by atoms with Gasteiger partial charge >= 0.3 is 12.4 Å². The van der Waals surface area contributed by atoms with Crippen molar-refractivity contribution >= 4 is 12.1 Å². The van der Waals surface area contributed by atoms with Crippen LogP contribution in [0.4, 0.5) is 30.7 Å². The Kier molecular flexibility index (Phi) is 5.35. The molecule has 1 aliphatic rings. The van der Waals surface area contributed by atoms with Crippen LogP contribution in [0.25, 0.3) is 17.6 Å². The number of amides is 1. The molecule has 1 saturated heterocycles. The fourth-order valence-corrected chi connectivity index (χ4v) is 2.71. The number of aliphatic hydroxyl groups is 1. The van der Waals surface area contributed by atoms with Crippen molar-refractivity contribution < 1.29 is 40.6 Å². The van der Waals surface area contributed by atoms with Crippen LogP contribution in [0.5, 0.6) is 0 Å². The lowest BCUT2D eigenvalue weighted by molar-refractivity contribution is -0.296. The normalized spacial score (nSPS) is 16.7.